The molecule has 0 saturated heterocycles. The zero-order chi connectivity index (χ0) is 36.8. The molecule has 0 spiro atoms. The maximum atomic E-state index is 13.1. The minimum Gasteiger partial charge on any atom is -0.268 e. The molecular formula is C44H34N6O2. The van der Waals surface area contributed by atoms with Crippen LogP contribution in [0, 0.1) is 36.5 Å². The Morgan fingerprint density at radius 1 is 0.481 bits per heavy atom. The van der Waals surface area contributed by atoms with E-state index in [4.69, 9.17) is 0 Å². The van der Waals surface area contributed by atoms with Crippen molar-refractivity contribution < 1.29 is 0 Å². The van der Waals surface area contributed by atoms with Crippen LogP contribution in [0.25, 0.3) is 76.5 Å². The first-order valence-electron chi connectivity index (χ1n) is 17.4. The highest BCUT2D eigenvalue weighted by Crippen LogP contribution is 2.35. The Labute approximate surface area is 298 Å². The van der Waals surface area contributed by atoms with E-state index in [1.807, 2.05) is 126 Å². The Morgan fingerprint density at radius 3 is 1.27 bits per heavy atom. The average Bonchev–Trinajstić information content (AvgIpc) is 3.78. The highest BCUT2D eigenvalue weighted by Gasteiger charge is 2.20. The number of aromatic nitrogens is 4. The molecule has 4 aromatic heterocycles. The fourth-order valence-electron chi connectivity index (χ4n) is 7.31. The number of hydrogen-bond acceptors (Lipinski definition) is 6. The first-order valence-corrected chi connectivity index (χ1v) is 17.4. The third-order valence-corrected chi connectivity index (χ3v) is 9.45. The van der Waals surface area contributed by atoms with Crippen LogP contribution in [0.1, 0.15) is 49.9 Å². The molecule has 4 heterocycles. The van der Waals surface area contributed by atoms with Crippen molar-refractivity contribution in [1.29, 1.82) is 10.5 Å². The molecule has 0 saturated carbocycles. The van der Waals surface area contributed by atoms with Gasteiger partial charge in [0.15, 0.2) is 0 Å². The molecule has 252 valence electrons. The number of nitriles is 2. The molecule has 8 heteroatoms. The van der Waals surface area contributed by atoms with E-state index in [-0.39, 0.29) is 11.1 Å². The van der Waals surface area contributed by atoms with Crippen molar-refractivity contribution in [2.45, 2.75) is 41.5 Å². The maximum absolute atomic E-state index is 13.1. The van der Waals surface area contributed by atoms with E-state index in [0.29, 0.717) is 33.2 Å². The highest BCUT2D eigenvalue weighted by molar-refractivity contribution is 6.19. The third-order valence-electron chi connectivity index (χ3n) is 9.45. The topological polar surface area (TPSA) is 116 Å². The molecule has 0 aliphatic heterocycles. The zero-order valence-corrected chi connectivity index (χ0v) is 29.7. The molecule has 6 aromatic carbocycles. The molecule has 0 radical (unpaired) electrons. The van der Waals surface area contributed by atoms with Crippen LogP contribution in [0.15, 0.2) is 107 Å². The van der Waals surface area contributed by atoms with Crippen molar-refractivity contribution in [2.24, 2.45) is 0 Å². The summed E-state index contributed by atoms with van der Waals surface area (Å²) < 4.78 is 3.35. The second kappa shape index (κ2) is 13.1. The number of pyridine rings is 2. The lowest BCUT2D eigenvalue weighted by molar-refractivity contribution is 1.19. The molecule has 10 rings (SSSR count). The summed E-state index contributed by atoms with van der Waals surface area (Å²) in [5.41, 5.74) is 7.47. The van der Waals surface area contributed by atoms with E-state index in [2.05, 4.69) is 22.1 Å². The molecular weight excluding hydrogens is 645 g/mol. The first kappa shape index (κ1) is 33.6. The van der Waals surface area contributed by atoms with Gasteiger partial charge in [-0.25, -0.2) is 9.97 Å². The Bertz CT molecular complexity index is 3050. The fourth-order valence-corrected chi connectivity index (χ4v) is 7.31. The minimum absolute atomic E-state index is 0.0914. The summed E-state index contributed by atoms with van der Waals surface area (Å²) in [6.07, 6.45) is 0. The summed E-state index contributed by atoms with van der Waals surface area (Å²) in [6, 6.07) is 34.7. The van der Waals surface area contributed by atoms with Crippen LogP contribution in [0.5, 0.6) is 0 Å². The van der Waals surface area contributed by atoms with E-state index in [9.17, 15) is 20.1 Å². The van der Waals surface area contributed by atoms with Gasteiger partial charge in [-0.1, -0.05) is 70.2 Å². The number of rotatable bonds is 0. The summed E-state index contributed by atoms with van der Waals surface area (Å²) in [4.78, 5) is 35.6. The van der Waals surface area contributed by atoms with Crippen molar-refractivity contribution in [3.05, 3.63) is 140 Å². The van der Waals surface area contributed by atoms with Crippen molar-refractivity contribution in [2.75, 3.05) is 0 Å². The standard InChI is InChI=1S/2C20H11N3O.2C2H6/c1-11-6-8-14-18-13(9-7-12(10-21)17(11)18)19-22-15-4-2-3-5-16(15)23(19)20(14)24;1-11-6-8-13-18-14(9-7-12(10-21)17(11)18)20(24)23-16-5-3-2-4-15(16)22-19(13)23;2*1-2/h2*2-9H,1H3;2*1-2H3. The van der Waals surface area contributed by atoms with Gasteiger partial charge in [0, 0.05) is 43.1 Å². The predicted molar refractivity (Wildman–Crippen MR) is 212 cm³/mol. The molecule has 0 fully saturated rings. The Kier molecular flexibility index (Phi) is 8.46. The molecule has 0 aliphatic rings. The van der Waals surface area contributed by atoms with Gasteiger partial charge in [-0.15, -0.1) is 0 Å². The van der Waals surface area contributed by atoms with Crippen LogP contribution in [-0.2, 0) is 0 Å². The number of fused-ring (bicyclic) bond motifs is 8. The van der Waals surface area contributed by atoms with Crippen molar-refractivity contribution in [3.8, 4) is 12.1 Å². The van der Waals surface area contributed by atoms with E-state index in [1.54, 1.807) is 20.9 Å². The SMILES string of the molecule is CC.CC.Cc1ccc2c(=O)n3c4ccccc4nc3c3ccc(C#N)c1c23.Cc1ccc2c3c1c(C#N)ccc3c(=O)n1c3ccccc3nc21. The molecule has 0 aliphatic carbocycles. The van der Waals surface area contributed by atoms with E-state index >= 15 is 0 Å². The predicted octanol–water partition coefficient (Wildman–Crippen LogP) is 9.60. The molecule has 10 aromatic rings. The Balaban J connectivity index is 0.000000148. The largest absolute Gasteiger partial charge is 0.268 e. The molecule has 8 nitrogen and oxygen atoms in total. The summed E-state index contributed by atoms with van der Waals surface area (Å²) in [5.74, 6) is 0. The number of nitrogens with zero attached hydrogens (tertiary/aromatic N) is 6. The number of aryl methyl sites for hydroxylation is 2. The van der Waals surface area contributed by atoms with Gasteiger partial charge in [0.05, 0.1) is 45.3 Å². The number of imidazole rings is 2. The monoisotopic (exact) mass is 678 g/mol. The smallest absolute Gasteiger partial charge is 0.264 e. The van der Waals surface area contributed by atoms with Crippen LogP contribution >= 0.6 is 0 Å². The third kappa shape index (κ3) is 4.73. The lowest BCUT2D eigenvalue weighted by Crippen LogP contribution is -2.13. The van der Waals surface area contributed by atoms with Crippen LogP contribution < -0.4 is 11.1 Å². The fraction of sp³-hybridized carbons (Fsp3) is 0.136. The van der Waals surface area contributed by atoms with Gasteiger partial charge in [-0.2, -0.15) is 10.5 Å². The van der Waals surface area contributed by atoms with Crippen LogP contribution in [-0.4, -0.2) is 18.8 Å². The van der Waals surface area contributed by atoms with Crippen molar-refractivity contribution >= 4 is 76.5 Å². The lowest BCUT2D eigenvalue weighted by atomic mass is 9.95. The van der Waals surface area contributed by atoms with Crippen molar-refractivity contribution in [3.63, 3.8) is 0 Å². The number of para-hydroxylation sites is 4. The van der Waals surface area contributed by atoms with Crippen LogP contribution in [0.4, 0.5) is 0 Å². The molecule has 52 heavy (non-hydrogen) atoms. The molecule has 0 bridgehead atoms. The summed E-state index contributed by atoms with van der Waals surface area (Å²) >= 11 is 0. The van der Waals surface area contributed by atoms with Gasteiger partial charge in [0.2, 0.25) is 0 Å². The minimum atomic E-state index is -0.0914. The molecule has 0 atom stereocenters. The van der Waals surface area contributed by atoms with Gasteiger partial charge < -0.3 is 0 Å². The molecule has 0 N–H and O–H groups in total. The Morgan fingerprint density at radius 2 is 0.846 bits per heavy atom. The maximum Gasteiger partial charge on any atom is 0.264 e. The summed E-state index contributed by atoms with van der Waals surface area (Å²) in [6.45, 7) is 11.9. The average molecular weight is 679 g/mol. The second-order valence-electron chi connectivity index (χ2n) is 12.0. The number of benzene rings is 6. The van der Waals surface area contributed by atoms with Crippen LogP contribution in [0.2, 0.25) is 0 Å². The molecule has 0 unspecified atom stereocenters. The van der Waals surface area contributed by atoms with E-state index in [1.165, 1.54) is 0 Å². The number of hydrogen-bond donors (Lipinski definition) is 0. The van der Waals surface area contributed by atoms with E-state index < -0.39 is 0 Å². The summed E-state index contributed by atoms with van der Waals surface area (Å²) in [7, 11) is 0. The lowest BCUT2D eigenvalue weighted by Gasteiger charge is -2.10. The first-order chi connectivity index (χ1) is 25.4. The van der Waals surface area contributed by atoms with Gasteiger partial charge in [-0.3, -0.25) is 18.4 Å². The summed E-state index contributed by atoms with van der Waals surface area (Å²) in [5, 5.41) is 25.3. The van der Waals surface area contributed by atoms with Gasteiger partial charge in [0.25, 0.3) is 11.1 Å². The highest BCUT2D eigenvalue weighted by atomic mass is 16.1. The molecule has 0 amide bonds. The quantitative estimate of drug-likeness (QED) is 0.158. The normalized spacial score (nSPS) is 11.0. The Hall–Kier alpha value is -6.90. The van der Waals surface area contributed by atoms with Gasteiger partial charge >= 0.3 is 0 Å². The van der Waals surface area contributed by atoms with Crippen molar-refractivity contribution in [1.82, 2.24) is 18.8 Å². The van der Waals surface area contributed by atoms with Gasteiger partial charge in [-0.05, 0) is 79.6 Å². The van der Waals surface area contributed by atoms with Crippen LogP contribution in [0.3, 0.4) is 0 Å². The second-order valence-corrected chi connectivity index (χ2v) is 12.0. The zero-order valence-electron chi connectivity index (χ0n) is 29.7. The van der Waals surface area contributed by atoms with Gasteiger partial charge in [0.1, 0.15) is 11.3 Å². The van der Waals surface area contributed by atoms with E-state index in [0.717, 1.165) is 65.5 Å².